The Hall–Kier alpha value is -0.410. The van der Waals surface area contributed by atoms with Gasteiger partial charge in [0.1, 0.15) is 0 Å². The van der Waals surface area contributed by atoms with Crippen LogP contribution in [0.5, 0.6) is 0 Å². The number of aromatic nitrogens is 1. The largest absolute Gasteiger partial charge is 0.352 e. The Bertz CT molecular complexity index is 384. The highest BCUT2D eigenvalue weighted by atomic mass is 32.2. The van der Waals surface area contributed by atoms with E-state index in [2.05, 4.69) is 43.1 Å². The van der Waals surface area contributed by atoms with E-state index in [1.54, 1.807) is 0 Å². The molecule has 3 heteroatoms. The third kappa shape index (κ3) is 2.89. The highest BCUT2D eigenvalue weighted by Crippen LogP contribution is 2.28. The highest BCUT2D eigenvalue weighted by molar-refractivity contribution is 7.99. The van der Waals surface area contributed by atoms with Crippen molar-refractivity contribution in [2.75, 3.05) is 6.26 Å². The molecule has 2 rings (SSSR count). The van der Waals surface area contributed by atoms with Gasteiger partial charge in [-0.25, -0.2) is 0 Å². The zero-order valence-corrected chi connectivity index (χ0v) is 12.2. The zero-order chi connectivity index (χ0) is 12.4. The normalized spacial score (nSPS) is 24.5. The number of hydrogen-bond donors (Lipinski definition) is 1. The lowest BCUT2D eigenvalue weighted by Gasteiger charge is -2.12. The molecule has 0 aliphatic heterocycles. The average molecular weight is 252 g/mol. The monoisotopic (exact) mass is 252 g/mol. The van der Waals surface area contributed by atoms with Crippen LogP contribution >= 0.6 is 11.8 Å². The van der Waals surface area contributed by atoms with E-state index in [4.69, 9.17) is 0 Å². The molecule has 0 spiro atoms. The molecule has 2 unspecified atom stereocenters. The summed E-state index contributed by atoms with van der Waals surface area (Å²) in [5.41, 5.74) is 4.21. The first kappa shape index (κ1) is 13.0. The molecule has 0 aromatic carbocycles. The maximum atomic E-state index is 3.72. The molecule has 1 aromatic rings. The maximum Gasteiger partial charge on any atom is 0.0225 e. The summed E-state index contributed by atoms with van der Waals surface area (Å²) in [6.07, 6.45) is 6.30. The average Bonchev–Trinajstić information content (AvgIpc) is 2.88. The topological polar surface area (TPSA) is 17.0 Å². The molecule has 1 saturated carbocycles. The molecule has 0 bridgehead atoms. The van der Waals surface area contributed by atoms with Crippen LogP contribution in [0.3, 0.4) is 0 Å². The van der Waals surface area contributed by atoms with Crippen LogP contribution in [-0.2, 0) is 13.6 Å². The van der Waals surface area contributed by atoms with Crippen molar-refractivity contribution >= 4 is 11.8 Å². The zero-order valence-electron chi connectivity index (χ0n) is 11.4. The lowest BCUT2D eigenvalue weighted by molar-refractivity contribution is 0.524. The van der Waals surface area contributed by atoms with Crippen molar-refractivity contribution in [3.8, 4) is 0 Å². The summed E-state index contributed by atoms with van der Waals surface area (Å²) in [4.78, 5) is 0. The van der Waals surface area contributed by atoms with Gasteiger partial charge in [0.25, 0.3) is 0 Å². The lowest BCUT2D eigenvalue weighted by atomic mass is 10.2. The van der Waals surface area contributed by atoms with Gasteiger partial charge in [0, 0.05) is 36.3 Å². The Morgan fingerprint density at radius 1 is 1.41 bits per heavy atom. The molecule has 1 N–H and O–H groups in total. The first-order valence-corrected chi connectivity index (χ1v) is 7.78. The fourth-order valence-corrected chi connectivity index (χ4v) is 3.50. The van der Waals surface area contributed by atoms with Crippen LogP contribution in [0.4, 0.5) is 0 Å². The van der Waals surface area contributed by atoms with Crippen LogP contribution < -0.4 is 5.32 Å². The van der Waals surface area contributed by atoms with E-state index in [1.807, 2.05) is 11.8 Å². The van der Waals surface area contributed by atoms with Gasteiger partial charge in [-0.1, -0.05) is 0 Å². The molecule has 0 amide bonds. The van der Waals surface area contributed by atoms with Gasteiger partial charge in [-0.15, -0.1) is 0 Å². The number of rotatable bonds is 4. The Balaban J connectivity index is 1.88. The molecule has 0 saturated heterocycles. The van der Waals surface area contributed by atoms with E-state index in [9.17, 15) is 0 Å². The van der Waals surface area contributed by atoms with Crippen molar-refractivity contribution in [2.45, 2.75) is 50.9 Å². The Morgan fingerprint density at radius 2 is 2.18 bits per heavy atom. The predicted octanol–water partition coefficient (Wildman–Crippen LogP) is 3.02. The number of nitrogens with one attached hydrogen (secondary N) is 1. The summed E-state index contributed by atoms with van der Waals surface area (Å²) >= 11 is 2.02. The SMILES string of the molecule is CSC1CCC(NCc2cc(C)n(C)c2C)C1. The Morgan fingerprint density at radius 3 is 2.71 bits per heavy atom. The van der Waals surface area contributed by atoms with E-state index in [0.717, 1.165) is 17.8 Å². The van der Waals surface area contributed by atoms with Crippen LogP contribution in [0.2, 0.25) is 0 Å². The fourth-order valence-electron chi connectivity index (χ4n) is 2.71. The van der Waals surface area contributed by atoms with Crippen molar-refractivity contribution in [2.24, 2.45) is 7.05 Å². The van der Waals surface area contributed by atoms with Crippen LogP contribution in [0.25, 0.3) is 0 Å². The molecular formula is C14H24N2S. The quantitative estimate of drug-likeness (QED) is 0.887. The summed E-state index contributed by atoms with van der Waals surface area (Å²) in [5, 5.41) is 4.60. The third-order valence-corrected chi connectivity index (χ3v) is 5.27. The smallest absolute Gasteiger partial charge is 0.0225 e. The molecular weight excluding hydrogens is 228 g/mol. The molecule has 96 valence electrons. The molecule has 1 heterocycles. The molecule has 1 aromatic heterocycles. The van der Waals surface area contributed by atoms with Gasteiger partial charge in [-0.05, 0) is 51.0 Å². The first-order chi connectivity index (χ1) is 8.11. The van der Waals surface area contributed by atoms with Crippen molar-refractivity contribution in [3.63, 3.8) is 0 Å². The second-order valence-corrected chi connectivity index (χ2v) is 6.34. The van der Waals surface area contributed by atoms with Gasteiger partial charge in [-0.2, -0.15) is 11.8 Å². The summed E-state index contributed by atoms with van der Waals surface area (Å²) in [6, 6.07) is 3.04. The molecule has 0 radical (unpaired) electrons. The fraction of sp³-hybridized carbons (Fsp3) is 0.714. The van der Waals surface area contributed by atoms with Crippen molar-refractivity contribution in [1.82, 2.24) is 9.88 Å². The molecule has 2 nitrogen and oxygen atoms in total. The predicted molar refractivity (Wildman–Crippen MR) is 76.7 cm³/mol. The van der Waals surface area contributed by atoms with E-state index in [-0.39, 0.29) is 0 Å². The van der Waals surface area contributed by atoms with E-state index in [1.165, 1.54) is 36.2 Å². The summed E-state index contributed by atoms with van der Waals surface area (Å²) < 4.78 is 2.27. The second-order valence-electron chi connectivity index (χ2n) is 5.20. The van der Waals surface area contributed by atoms with E-state index in [0.29, 0.717) is 0 Å². The number of aryl methyl sites for hydroxylation is 1. The first-order valence-electron chi connectivity index (χ1n) is 6.49. The summed E-state index contributed by atoms with van der Waals surface area (Å²) in [7, 11) is 2.15. The summed E-state index contributed by atoms with van der Waals surface area (Å²) in [5.74, 6) is 0. The van der Waals surface area contributed by atoms with E-state index < -0.39 is 0 Å². The molecule has 17 heavy (non-hydrogen) atoms. The minimum Gasteiger partial charge on any atom is -0.352 e. The van der Waals surface area contributed by atoms with Gasteiger partial charge in [-0.3, -0.25) is 0 Å². The third-order valence-electron chi connectivity index (χ3n) is 4.18. The number of nitrogens with zero attached hydrogens (tertiary/aromatic N) is 1. The maximum absolute atomic E-state index is 3.72. The molecule has 2 atom stereocenters. The van der Waals surface area contributed by atoms with Crippen molar-refractivity contribution in [3.05, 3.63) is 23.0 Å². The standard InChI is InChI=1S/C14H24N2S/c1-10-7-12(11(2)16(10)3)9-15-13-5-6-14(8-13)17-4/h7,13-15H,5-6,8-9H2,1-4H3. The number of hydrogen-bond acceptors (Lipinski definition) is 2. The van der Waals surface area contributed by atoms with Gasteiger partial charge >= 0.3 is 0 Å². The molecule has 1 fully saturated rings. The van der Waals surface area contributed by atoms with Gasteiger partial charge in [0.15, 0.2) is 0 Å². The van der Waals surface area contributed by atoms with Crippen molar-refractivity contribution in [1.29, 1.82) is 0 Å². The Kier molecular flexibility index (Phi) is 4.21. The van der Waals surface area contributed by atoms with Crippen LogP contribution in [0.1, 0.15) is 36.2 Å². The van der Waals surface area contributed by atoms with Gasteiger partial charge in [0.2, 0.25) is 0 Å². The van der Waals surface area contributed by atoms with Gasteiger partial charge in [0.05, 0.1) is 0 Å². The highest BCUT2D eigenvalue weighted by Gasteiger charge is 2.23. The molecule has 1 aliphatic rings. The lowest BCUT2D eigenvalue weighted by Crippen LogP contribution is -2.26. The molecule has 1 aliphatic carbocycles. The summed E-state index contributed by atoms with van der Waals surface area (Å²) in [6.45, 7) is 5.42. The minimum atomic E-state index is 0.729. The number of thioether (sulfide) groups is 1. The van der Waals surface area contributed by atoms with Gasteiger partial charge < -0.3 is 9.88 Å². The Labute approximate surface area is 109 Å². The van der Waals surface area contributed by atoms with Crippen LogP contribution in [0.15, 0.2) is 6.07 Å². The second kappa shape index (κ2) is 5.49. The van der Waals surface area contributed by atoms with Crippen LogP contribution in [0, 0.1) is 13.8 Å². The minimum absolute atomic E-state index is 0.729. The van der Waals surface area contributed by atoms with E-state index >= 15 is 0 Å². The van der Waals surface area contributed by atoms with Crippen molar-refractivity contribution < 1.29 is 0 Å². The van der Waals surface area contributed by atoms with Crippen LogP contribution in [-0.4, -0.2) is 22.1 Å².